The number of rotatable bonds is 0. The van der Waals surface area contributed by atoms with Gasteiger partial charge in [-0.15, -0.1) is 0 Å². The second-order valence-corrected chi connectivity index (χ2v) is 4.29. The van der Waals surface area contributed by atoms with Crippen molar-refractivity contribution in [1.82, 2.24) is 0 Å². The number of hydrogen-bond acceptors (Lipinski definition) is 0. The van der Waals surface area contributed by atoms with E-state index >= 15 is 0 Å². The fraction of sp³-hybridized carbons (Fsp3) is 0.133. The zero-order valence-electron chi connectivity index (χ0n) is 9.57. The van der Waals surface area contributed by atoms with Gasteiger partial charge in [-0.3, -0.25) is 0 Å². The second kappa shape index (κ2) is 3.31. The number of aromatic nitrogens is 1. The summed E-state index contributed by atoms with van der Waals surface area (Å²) in [7, 11) is 2.12. The Hall–Kier alpha value is -1.89. The molecule has 0 aliphatic heterocycles. The average Bonchev–Trinajstić information content (AvgIpc) is 2.32. The molecule has 1 aromatic heterocycles. The molecule has 0 spiro atoms. The van der Waals surface area contributed by atoms with Crippen LogP contribution in [-0.2, 0) is 7.05 Å². The maximum Gasteiger partial charge on any atom is 0.213 e. The third-order valence-corrected chi connectivity index (χ3v) is 3.29. The summed E-state index contributed by atoms with van der Waals surface area (Å²) in [5.41, 5.74) is 2.57. The maximum atomic E-state index is 2.26. The van der Waals surface area contributed by atoms with Gasteiger partial charge in [-0.2, -0.15) is 4.57 Å². The maximum absolute atomic E-state index is 2.26. The van der Waals surface area contributed by atoms with E-state index in [1.54, 1.807) is 0 Å². The summed E-state index contributed by atoms with van der Waals surface area (Å²) < 4.78 is 2.24. The van der Waals surface area contributed by atoms with E-state index < -0.39 is 0 Å². The monoisotopic (exact) mass is 208 g/mol. The SMILES string of the molecule is Cc1ccc2cc3ccccc3cc2[n+]1C. The minimum atomic E-state index is 1.28. The van der Waals surface area contributed by atoms with Gasteiger partial charge in [-0.1, -0.05) is 24.3 Å². The lowest BCUT2D eigenvalue weighted by molar-refractivity contribution is -0.651. The van der Waals surface area contributed by atoms with Crippen molar-refractivity contribution in [3.05, 3.63) is 54.2 Å². The van der Waals surface area contributed by atoms with Crippen molar-refractivity contribution in [3.63, 3.8) is 0 Å². The Morgan fingerprint density at radius 3 is 2.25 bits per heavy atom. The summed E-state index contributed by atoms with van der Waals surface area (Å²) in [6, 6.07) is 17.4. The van der Waals surface area contributed by atoms with Crippen LogP contribution in [0.5, 0.6) is 0 Å². The Labute approximate surface area is 95.0 Å². The predicted molar refractivity (Wildman–Crippen MR) is 67.4 cm³/mol. The van der Waals surface area contributed by atoms with Crippen LogP contribution in [0, 0.1) is 6.92 Å². The van der Waals surface area contributed by atoms with Gasteiger partial charge in [0.25, 0.3) is 0 Å². The number of fused-ring (bicyclic) bond motifs is 2. The first-order valence-electron chi connectivity index (χ1n) is 5.54. The second-order valence-electron chi connectivity index (χ2n) is 4.29. The standard InChI is InChI=1S/C15H14N/c1-11-7-8-14-9-12-5-3-4-6-13(12)10-15(14)16(11)2/h3-10H,1-2H3/q+1. The molecule has 0 saturated heterocycles. The predicted octanol–water partition coefficient (Wildman–Crippen LogP) is 3.13. The molecule has 0 aliphatic rings. The summed E-state index contributed by atoms with van der Waals surface area (Å²) in [6.45, 7) is 2.13. The lowest BCUT2D eigenvalue weighted by Crippen LogP contribution is -2.32. The van der Waals surface area contributed by atoms with Crippen molar-refractivity contribution >= 4 is 21.7 Å². The fourth-order valence-electron chi connectivity index (χ4n) is 2.18. The molecular formula is C15H14N+. The van der Waals surface area contributed by atoms with Gasteiger partial charge in [0.05, 0.1) is 0 Å². The molecule has 3 aromatic rings. The van der Waals surface area contributed by atoms with Crippen LogP contribution < -0.4 is 4.57 Å². The van der Waals surface area contributed by atoms with Crippen LogP contribution in [0.25, 0.3) is 21.7 Å². The van der Waals surface area contributed by atoms with Crippen LogP contribution in [-0.4, -0.2) is 0 Å². The van der Waals surface area contributed by atoms with Gasteiger partial charge in [-0.25, -0.2) is 0 Å². The quantitative estimate of drug-likeness (QED) is 0.395. The molecule has 3 rings (SSSR count). The number of hydrogen-bond donors (Lipinski definition) is 0. The molecule has 1 heterocycles. The highest BCUT2D eigenvalue weighted by atomic mass is 14.9. The van der Waals surface area contributed by atoms with Gasteiger partial charge in [0.2, 0.25) is 5.52 Å². The molecule has 1 heteroatoms. The molecule has 0 unspecified atom stereocenters. The third kappa shape index (κ3) is 1.28. The van der Waals surface area contributed by atoms with E-state index in [9.17, 15) is 0 Å². The van der Waals surface area contributed by atoms with Crippen LogP contribution in [0.4, 0.5) is 0 Å². The fourth-order valence-corrected chi connectivity index (χ4v) is 2.18. The van der Waals surface area contributed by atoms with E-state index in [0.29, 0.717) is 0 Å². The van der Waals surface area contributed by atoms with Gasteiger partial charge in [0, 0.05) is 24.4 Å². The Morgan fingerprint density at radius 1 is 0.812 bits per heavy atom. The van der Waals surface area contributed by atoms with Crippen molar-refractivity contribution in [2.45, 2.75) is 6.92 Å². The molecular weight excluding hydrogens is 194 g/mol. The molecule has 0 atom stereocenters. The van der Waals surface area contributed by atoms with E-state index in [-0.39, 0.29) is 0 Å². The van der Waals surface area contributed by atoms with Crippen molar-refractivity contribution in [3.8, 4) is 0 Å². The van der Waals surface area contributed by atoms with Gasteiger partial charge < -0.3 is 0 Å². The summed E-state index contributed by atoms with van der Waals surface area (Å²) in [5.74, 6) is 0. The largest absolute Gasteiger partial charge is 0.213 e. The molecule has 16 heavy (non-hydrogen) atoms. The minimum Gasteiger partial charge on any atom is -0.199 e. The smallest absolute Gasteiger partial charge is 0.199 e. The van der Waals surface area contributed by atoms with Gasteiger partial charge >= 0.3 is 0 Å². The van der Waals surface area contributed by atoms with Gasteiger partial charge in [0.15, 0.2) is 5.69 Å². The van der Waals surface area contributed by atoms with E-state index in [0.717, 1.165) is 0 Å². The Bertz CT molecular complexity index is 683. The number of aryl methyl sites for hydroxylation is 2. The van der Waals surface area contributed by atoms with Crippen molar-refractivity contribution in [1.29, 1.82) is 0 Å². The topological polar surface area (TPSA) is 3.88 Å². The molecule has 0 N–H and O–H groups in total. The van der Waals surface area contributed by atoms with Gasteiger partial charge in [-0.05, 0) is 22.9 Å². The number of benzene rings is 2. The summed E-state index contributed by atoms with van der Waals surface area (Å²) >= 11 is 0. The zero-order chi connectivity index (χ0) is 11.1. The highest BCUT2D eigenvalue weighted by Crippen LogP contribution is 2.20. The molecule has 0 bridgehead atoms. The Kier molecular flexibility index (Phi) is 1.93. The van der Waals surface area contributed by atoms with Crippen LogP contribution in [0.1, 0.15) is 5.69 Å². The minimum absolute atomic E-state index is 1.28. The van der Waals surface area contributed by atoms with Crippen molar-refractivity contribution in [2.75, 3.05) is 0 Å². The normalized spacial score (nSPS) is 11.1. The van der Waals surface area contributed by atoms with Crippen LogP contribution in [0.15, 0.2) is 48.5 Å². The first-order valence-corrected chi connectivity index (χ1v) is 5.54. The van der Waals surface area contributed by atoms with E-state index in [4.69, 9.17) is 0 Å². The number of nitrogens with zero attached hydrogens (tertiary/aromatic N) is 1. The third-order valence-electron chi connectivity index (χ3n) is 3.29. The Morgan fingerprint density at radius 2 is 1.50 bits per heavy atom. The van der Waals surface area contributed by atoms with E-state index in [1.807, 2.05) is 0 Å². The molecule has 0 aliphatic carbocycles. The lowest BCUT2D eigenvalue weighted by Gasteiger charge is -2.02. The van der Waals surface area contributed by atoms with E-state index in [1.165, 1.54) is 27.4 Å². The number of pyridine rings is 1. The van der Waals surface area contributed by atoms with Crippen molar-refractivity contribution < 1.29 is 4.57 Å². The molecule has 0 fully saturated rings. The zero-order valence-corrected chi connectivity index (χ0v) is 9.57. The first-order chi connectivity index (χ1) is 7.75. The van der Waals surface area contributed by atoms with E-state index in [2.05, 4.69) is 67.1 Å². The highest BCUT2D eigenvalue weighted by molar-refractivity contribution is 5.95. The lowest BCUT2D eigenvalue weighted by atomic mass is 10.1. The van der Waals surface area contributed by atoms with Crippen LogP contribution in [0.3, 0.4) is 0 Å². The van der Waals surface area contributed by atoms with Crippen molar-refractivity contribution in [2.24, 2.45) is 7.05 Å². The van der Waals surface area contributed by atoms with Gasteiger partial charge in [0.1, 0.15) is 7.05 Å². The molecule has 78 valence electrons. The molecule has 2 aromatic carbocycles. The highest BCUT2D eigenvalue weighted by Gasteiger charge is 2.08. The molecule has 0 radical (unpaired) electrons. The molecule has 1 nitrogen and oxygen atoms in total. The van der Waals surface area contributed by atoms with Crippen LogP contribution >= 0.6 is 0 Å². The van der Waals surface area contributed by atoms with Crippen LogP contribution in [0.2, 0.25) is 0 Å². The molecule has 0 saturated carbocycles. The summed E-state index contributed by atoms with van der Waals surface area (Å²) in [6.07, 6.45) is 0. The molecule has 0 amide bonds. The Balaban J connectivity index is 2.51. The average molecular weight is 208 g/mol. The summed E-state index contributed by atoms with van der Waals surface area (Å²) in [4.78, 5) is 0. The first kappa shape index (κ1) is 9.34. The summed E-state index contributed by atoms with van der Waals surface area (Å²) in [5, 5.41) is 3.90.